The zero-order chi connectivity index (χ0) is 15.1. The van der Waals surface area contributed by atoms with Crippen LogP contribution in [0.2, 0.25) is 0 Å². The number of hydrogen-bond donors (Lipinski definition) is 2. The van der Waals surface area contributed by atoms with Crippen molar-refractivity contribution >= 4 is 39.3 Å². The van der Waals surface area contributed by atoms with Gasteiger partial charge in [0.25, 0.3) is 0 Å². The van der Waals surface area contributed by atoms with Gasteiger partial charge in [0, 0.05) is 20.6 Å². The maximum absolute atomic E-state index is 13.7. The number of rotatable bonds is 2. The Morgan fingerprint density at radius 3 is 2.71 bits per heavy atom. The summed E-state index contributed by atoms with van der Waals surface area (Å²) in [6.45, 7) is 0. The highest BCUT2D eigenvalue weighted by atomic mass is 79.9. The number of nitrogens with one attached hydrogen (secondary N) is 1. The van der Waals surface area contributed by atoms with E-state index in [4.69, 9.17) is 5.73 Å². The SMILES string of the molecule is NC1C(=O)Nc2cc(Sc3cc(F)ccc3F)c(Br)cc21. The third kappa shape index (κ3) is 2.68. The molecule has 3 rings (SSSR count). The molecule has 0 aliphatic carbocycles. The van der Waals surface area contributed by atoms with Crippen molar-refractivity contribution in [2.45, 2.75) is 15.8 Å². The Hall–Kier alpha value is -1.44. The first-order chi connectivity index (χ1) is 9.95. The van der Waals surface area contributed by atoms with Gasteiger partial charge >= 0.3 is 0 Å². The minimum Gasteiger partial charge on any atom is -0.324 e. The van der Waals surface area contributed by atoms with Gasteiger partial charge in [-0.15, -0.1) is 0 Å². The molecule has 1 unspecified atom stereocenters. The molecule has 0 fully saturated rings. The van der Waals surface area contributed by atoms with Crippen LogP contribution in [-0.4, -0.2) is 5.91 Å². The second-order valence-electron chi connectivity index (χ2n) is 4.51. The van der Waals surface area contributed by atoms with Crippen molar-refractivity contribution < 1.29 is 13.6 Å². The maximum atomic E-state index is 13.7. The van der Waals surface area contributed by atoms with Crippen molar-refractivity contribution in [2.24, 2.45) is 5.73 Å². The van der Waals surface area contributed by atoms with Crippen molar-refractivity contribution in [3.8, 4) is 0 Å². The molecule has 0 saturated carbocycles. The number of carbonyl (C=O) groups is 1. The molecule has 3 nitrogen and oxygen atoms in total. The Labute approximate surface area is 132 Å². The summed E-state index contributed by atoms with van der Waals surface area (Å²) >= 11 is 4.44. The van der Waals surface area contributed by atoms with E-state index in [-0.39, 0.29) is 10.8 Å². The average Bonchev–Trinajstić information content (AvgIpc) is 2.70. The molecule has 1 atom stereocenters. The van der Waals surface area contributed by atoms with E-state index in [1.807, 2.05) is 0 Å². The quantitative estimate of drug-likeness (QED) is 0.844. The highest BCUT2D eigenvalue weighted by molar-refractivity contribution is 9.10. The smallest absolute Gasteiger partial charge is 0.245 e. The number of fused-ring (bicyclic) bond motifs is 1. The summed E-state index contributed by atoms with van der Waals surface area (Å²) in [6, 6.07) is 5.98. The first-order valence-corrected chi connectivity index (χ1v) is 7.59. The van der Waals surface area contributed by atoms with Crippen LogP contribution >= 0.6 is 27.7 Å². The second-order valence-corrected chi connectivity index (χ2v) is 6.45. The van der Waals surface area contributed by atoms with Gasteiger partial charge in [0.05, 0.1) is 4.90 Å². The molecule has 0 bridgehead atoms. The van der Waals surface area contributed by atoms with Crippen LogP contribution < -0.4 is 11.1 Å². The Balaban J connectivity index is 1.99. The number of halogens is 3. The van der Waals surface area contributed by atoms with Crippen molar-refractivity contribution in [1.29, 1.82) is 0 Å². The van der Waals surface area contributed by atoms with Gasteiger partial charge in [0.1, 0.15) is 17.7 Å². The molecule has 1 amide bonds. The fourth-order valence-electron chi connectivity index (χ4n) is 2.04. The molecular weight excluding hydrogens is 362 g/mol. The molecule has 0 saturated heterocycles. The van der Waals surface area contributed by atoms with E-state index >= 15 is 0 Å². The number of anilines is 1. The van der Waals surface area contributed by atoms with E-state index in [0.717, 1.165) is 30.0 Å². The van der Waals surface area contributed by atoms with Crippen LogP contribution in [0.3, 0.4) is 0 Å². The summed E-state index contributed by atoms with van der Waals surface area (Å²) in [5.74, 6) is -1.29. The van der Waals surface area contributed by atoms with Crippen LogP contribution in [0.4, 0.5) is 14.5 Å². The number of hydrogen-bond acceptors (Lipinski definition) is 3. The first kappa shape index (κ1) is 14.5. The van der Waals surface area contributed by atoms with Gasteiger partial charge in [-0.1, -0.05) is 11.8 Å². The van der Waals surface area contributed by atoms with Crippen molar-refractivity contribution in [2.75, 3.05) is 5.32 Å². The van der Waals surface area contributed by atoms with Crippen LogP contribution in [-0.2, 0) is 4.79 Å². The topological polar surface area (TPSA) is 55.1 Å². The maximum Gasteiger partial charge on any atom is 0.245 e. The number of amides is 1. The Morgan fingerprint density at radius 2 is 1.95 bits per heavy atom. The molecule has 2 aromatic rings. The van der Waals surface area contributed by atoms with E-state index in [1.54, 1.807) is 12.1 Å². The highest BCUT2D eigenvalue weighted by Crippen LogP contribution is 2.41. The van der Waals surface area contributed by atoms with Crippen molar-refractivity contribution in [3.63, 3.8) is 0 Å². The third-order valence-electron chi connectivity index (χ3n) is 3.09. The predicted molar refractivity (Wildman–Crippen MR) is 80.2 cm³/mol. The summed E-state index contributed by atoms with van der Waals surface area (Å²) in [6.07, 6.45) is 0. The summed E-state index contributed by atoms with van der Waals surface area (Å²) in [7, 11) is 0. The standard InChI is InChI=1S/C14H9BrF2N2OS/c15-8-4-7-10(19-14(20)13(7)18)5-11(8)21-12-3-6(16)1-2-9(12)17/h1-5,13H,18H2,(H,19,20). The number of nitrogens with two attached hydrogens (primary N) is 1. The Morgan fingerprint density at radius 1 is 1.19 bits per heavy atom. The minimum absolute atomic E-state index is 0.171. The largest absolute Gasteiger partial charge is 0.324 e. The van der Waals surface area contributed by atoms with Crippen molar-refractivity contribution in [1.82, 2.24) is 0 Å². The fourth-order valence-corrected chi connectivity index (χ4v) is 3.55. The van der Waals surface area contributed by atoms with Gasteiger partial charge in [-0.3, -0.25) is 4.79 Å². The van der Waals surface area contributed by atoms with Crippen LogP contribution in [0, 0.1) is 11.6 Å². The number of carbonyl (C=O) groups excluding carboxylic acids is 1. The lowest BCUT2D eigenvalue weighted by atomic mass is 10.1. The Bertz CT molecular complexity index is 754. The molecule has 0 spiro atoms. The molecule has 0 radical (unpaired) electrons. The lowest BCUT2D eigenvalue weighted by Gasteiger charge is -2.09. The molecule has 108 valence electrons. The molecule has 1 heterocycles. The highest BCUT2D eigenvalue weighted by Gasteiger charge is 2.28. The van der Waals surface area contributed by atoms with Crippen molar-refractivity contribution in [3.05, 3.63) is 52.0 Å². The van der Waals surface area contributed by atoms with Gasteiger partial charge in [-0.2, -0.15) is 0 Å². The fraction of sp³-hybridized carbons (Fsp3) is 0.0714. The predicted octanol–water partition coefficient (Wildman–Crippen LogP) is 3.83. The van der Waals surface area contributed by atoms with Gasteiger partial charge in [-0.05, 0) is 46.3 Å². The minimum atomic E-state index is -0.707. The van der Waals surface area contributed by atoms with Crippen LogP contribution in [0.1, 0.15) is 11.6 Å². The van der Waals surface area contributed by atoms with E-state index in [2.05, 4.69) is 21.2 Å². The summed E-state index contributed by atoms with van der Waals surface area (Å²) in [5, 5.41) is 2.66. The number of benzene rings is 2. The molecule has 21 heavy (non-hydrogen) atoms. The second kappa shape index (κ2) is 5.40. The van der Waals surface area contributed by atoms with Gasteiger partial charge in [0.15, 0.2) is 0 Å². The molecule has 0 aromatic heterocycles. The van der Waals surface area contributed by atoms with Crippen LogP contribution in [0.5, 0.6) is 0 Å². The molecule has 1 aliphatic heterocycles. The van der Waals surface area contributed by atoms with Gasteiger partial charge in [-0.25, -0.2) is 8.78 Å². The molecule has 2 aromatic carbocycles. The monoisotopic (exact) mass is 370 g/mol. The Kier molecular flexibility index (Phi) is 3.73. The molecule has 7 heteroatoms. The first-order valence-electron chi connectivity index (χ1n) is 5.98. The third-order valence-corrected chi connectivity index (χ3v) is 5.10. The lowest BCUT2D eigenvalue weighted by Crippen LogP contribution is -2.19. The summed E-state index contributed by atoms with van der Waals surface area (Å²) in [5.41, 5.74) is 7.03. The average molecular weight is 371 g/mol. The lowest BCUT2D eigenvalue weighted by molar-refractivity contribution is -0.116. The molecule has 3 N–H and O–H groups in total. The van der Waals surface area contributed by atoms with E-state index < -0.39 is 17.7 Å². The van der Waals surface area contributed by atoms with E-state index in [1.165, 1.54) is 0 Å². The van der Waals surface area contributed by atoms with Gasteiger partial charge in [0.2, 0.25) is 5.91 Å². The molecule has 1 aliphatic rings. The summed E-state index contributed by atoms with van der Waals surface area (Å²) < 4.78 is 27.6. The van der Waals surface area contributed by atoms with Crippen LogP contribution in [0.25, 0.3) is 0 Å². The zero-order valence-corrected chi connectivity index (χ0v) is 12.9. The van der Waals surface area contributed by atoms with Gasteiger partial charge < -0.3 is 11.1 Å². The van der Waals surface area contributed by atoms with Crippen LogP contribution in [0.15, 0.2) is 44.6 Å². The summed E-state index contributed by atoms with van der Waals surface area (Å²) in [4.78, 5) is 12.4. The van der Waals surface area contributed by atoms with E-state index in [0.29, 0.717) is 20.6 Å². The molecular formula is C14H9BrF2N2OS. The van der Waals surface area contributed by atoms with E-state index in [9.17, 15) is 13.6 Å². The zero-order valence-electron chi connectivity index (χ0n) is 10.5. The normalized spacial score (nSPS) is 16.8.